The van der Waals surface area contributed by atoms with Crippen LogP contribution >= 0.6 is 0 Å². The largest absolute Gasteiger partial charge is 0.383 e. The van der Waals surface area contributed by atoms with Crippen LogP contribution in [0.2, 0.25) is 0 Å². The average Bonchev–Trinajstić information content (AvgIpc) is 3.33. The van der Waals surface area contributed by atoms with Crippen LogP contribution in [0.1, 0.15) is 11.1 Å². The van der Waals surface area contributed by atoms with Gasteiger partial charge in [-0.1, -0.05) is 0 Å². The quantitative estimate of drug-likeness (QED) is 0.594. The second-order valence-corrected chi connectivity index (χ2v) is 5.97. The van der Waals surface area contributed by atoms with Gasteiger partial charge in [-0.3, -0.25) is 0 Å². The molecule has 0 fully saturated rings. The van der Waals surface area contributed by atoms with Crippen LogP contribution in [0.5, 0.6) is 0 Å². The highest BCUT2D eigenvalue weighted by Crippen LogP contribution is 2.32. The molecule has 6 nitrogen and oxygen atoms in total. The van der Waals surface area contributed by atoms with Gasteiger partial charge in [0.2, 0.25) is 0 Å². The van der Waals surface area contributed by atoms with Gasteiger partial charge in [0, 0.05) is 24.2 Å². The van der Waals surface area contributed by atoms with E-state index >= 15 is 0 Å². The van der Waals surface area contributed by atoms with Gasteiger partial charge in [0.05, 0.1) is 17.1 Å². The van der Waals surface area contributed by atoms with Gasteiger partial charge in [-0.25, -0.2) is 9.97 Å². The van der Waals surface area contributed by atoms with Crippen LogP contribution in [0.15, 0.2) is 61.1 Å². The smallest absolute Gasteiger partial charge is 0.142 e. The standard InChI is InChI=1S/C20H16N6/c1-13-6-8-24-19(10-13)26-9-3-5-18(26)14-11-17(16-4-2-7-23-16)25-20(22)15(14)12-21/h2-11,23H,1H3,(H2,22,25). The van der Waals surface area contributed by atoms with Crippen molar-refractivity contribution in [3.63, 3.8) is 0 Å². The van der Waals surface area contributed by atoms with Gasteiger partial charge in [0.1, 0.15) is 23.3 Å². The van der Waals surface area contributed by atoms with Crippen molar-refractivity contribution in [1.29, 1.82) is 5.26 Å². The molecule has 0 aliphatic carbocycles. The van der Waals surface area contributed by atoms with Crippen LogP contribution in [-0.4, -0.2) is 19.5 Å². The summed E-state index contributed by atoms with van der Waals surface area (Å²) in [4.78, 5) is 11.9. The highest BCUT2D eigenvalue weighted by atomic mass is 15.1. The summed E-state index contributed by atoms with van der Waals surface area (Å²) in [6, 6.07) is 15.7. The Morgan fingerprint density at radius 1 is 1.19 bits per heavy atom. The Morgan fingerprint density at radius 2 is 2.08 bits per heavy atom. The number of hydrogen-bond acceptors (Lipinski definition) is 4. The molecule has 4 aromatic heterocycles. The zero-order chi connectivity index (χ0) is 18.1. The molecule has 0 unspecified atom stereocenters. The molecule has 0 atom stereocenters. The topological polar surface area (TPSA) is 96.3 Å². The van der Waals surface area contributed by atoms with Crippen LogP contribution in [0.4, 0.5) is 5.82 Å². The minimum absolute atomic E-state index is 0.208. The number of aryl methyl sites for hydroxylation is 1. The number of nitrogens with one attached hydrogen (secondary N) is 1. The maximum atomic E-state index is 9.62. The summed E-state index contributed by atoms with van der Waals surface area (Å²) in [7, 11) is 0. The molecule has 4 aromatic rings. The Balaban J connectivity index is 1.94. The number of hydrogen-bond donors (Lipinski definition) is 2. The third-order valence-electron chi connectivity index (χ3n) is 4.21. The maximum absolute atomic E-state index is 9.62. The molecule has 4 heterocycles. The summed E-state index contributed by atoms with van der Waals surface area (Å²) in [6.45, 7) is 2.02. The van der Waals surface area contributed by atoms with E-state index in [9.17, 15) is 5.26 Å². The molecule has 0 spiro atoms. The van der Waals surface area contributed by atoms with Gasteiger partial charge >= 0.3 is 0 Å². The van der Waals surface area contributed by atoms with Crippen molar-refractivity contribution >= 4 is 5.82 Å². The summed E-state index contributed by atoms with van der Waals surface area (Å²) < 4.78 is 1.95. The fraction of sp³-hybridized carbons (Fsp3) is 0.0500. The maximum Gasteiger partial charge on any atom is 0.142 e. The predicted molar refractivity (Wildman–Crippen MR) is 100 cm³/mol. The van der Waals surface area contributed by atoms with Gasteiger partial charge < -0.3 is 15.3 Å². The number of rotatable bonds is 3. The zero-order valence-electron chi connectivity index (χ0n) is 14.1. The third kappa shape index (κ3) is 2.62. The Bertz CT molecular complexity index is 1120. The number of pyridine rings is 2. The normalized spacial score (nSPS) is 10.6. The first kappa shape index (κ1) is 15.7. The number of nitrogens with two attached hydrogens (primary N) is 1. The van der Waals surface area contributed by atoms with Crippen LogP contribution < -0.4 is 5.73 Å². The first-order chi connectivity index (χ1) is 12.7. The van der Waals surface area contributed by atoms with E-state index in [1.807, 2.05) is 66.3 Å². The van der Waals surface area contributed by atoms with E-state index in [2.05, 4.69) is 21.0 Å². The number of aromatic amines is 1. The second-order valence-electron chi connectivity index (χ2n) is 5.97. The van der Waals surface area contributed by atoms with Crippen molar-refractivity contribution < 1.29 is 0 Å². The lowest BCUT2D eigenvalue weighted by Crippen LogP contribution is -2.03. The summed E-state index contributed by atoms with van der Waals surface area (Å²) in [5.74, 6) is 0.991. The molecule has 0 bridgehead atoms. The SMILES string of the molecule is Cc1ccnc(-n2cccc2-c2cc(-c3ccc[nH]3)nc(N)c2C#N)c1. The monoisotopic (exact) mass is 340 g/mol. The number of H-pyrrole nitrogens is 1. The van der Waals surface area contributed by atoms with Gasteiger partial charge in [0.15, 0.2) is 0 Å². The number of nitriles is 1. The van der Waals surface area contributed by atoms with E-state index in [0.29, 0.717) is 11.3 Å². The van der Waals surface area contributed by atoms with Gasteiger partial charge in [0.25, 0.3) is 0 Å². The molecule has 26 heavy (non-hydrogen) atoms. The lowest BCUT2D eigenvalue weighted by atomic mass is 10.0. The number of nitrogen functional groups attached to an aromatic ring is 1. The molecular formula is C20H16N6. The fourth-order valence-electron chi connectivity index (χ4n) is 2.96. The van der Waals surface area contributed by atoms with Crippen molar-refractivity contribution in [2.24, 2.45) is 0 Å². The molecule has 3 N–H and O–H groups in total. The lowest BCUT2D eigenvalue weighted by molar-refractivity contribution is 1.01. The zero-order valence-corrected chi connectivity index (χ0v) is 14.1. The molecular weight excluding hydrogens is 324 g/mol. The average molecular weight is 340 g/mol. The van der Waals surface area contributed by atoms with E-state index in [1.165, 1.54) is 0 Å². The van der Waals surface area contributed by atoms with Crippen molar-refractivity contribution in [3.8, 4) is 34.5 Å². The minimum Gasteiger partial charge on any atom is -0.383 e. The summed E-state index contributed by atoms with van der Waals surface area (Å²) in [6.07, 6.45) is 5.51. The fourth-order valence-corrected chi connectivity index (χ4v) is 2.96. The molecule has 6 heteroatoms. The molecule has 0 radical (unpaired) electrons. The van der Waals surface area contributed by atoms with Crippen molar-refractivity contribution in [2.75, 3.05) is 5.73 Å². The molecule has 0 aliphatic heterocycles. The van der Waals surface area contributed by atoms with E-state index < -0.39 is 0 Å². The third-order valence-corrected chi connectivity index (χ3v) is 4.21. The number of aromatic nitrogens is 4. The van der Waals surface area contributed by atoms with Gasteiger partial charge in [-0.15, -0.1) is 0 Å². The number of anilines is 1. The molecule has 0 aromatic carbocycles. The van der Waals surface area contributed by atoms with Crippen molar-refractivity contribution in [2.45, 2.75) is 6.92 Å². The Morgan fingerprint density at radius 3 is 2.81 bits per heavy atom. The predicted octanol–water partition coefficient (Wildman–Crippen LogP) is 3.69. The van der Waals surface area contributed by atoms with Crippen LogP contribution in [0, 0.1) is 18.3 Å². The van der Waals surface area contributed by atoms with E-state index in [-0.39, 0.29) is 5.82 Å². The first-order valence-corrected chi connectivity index (χ1v) is 8.12. The molecule has 126 valence electrons. The summed E-state index contributed by atoms with van der Waals surface area (Å²) in [5, 5.41) is 9.62. The molecule has 0 aliphatic rings. The minimum atomic E-state index is 0.208. The van der Waals surface area contributed by atoms with Crippen molar-refractivity contribution in [3.05, 3.63) is 72.2 Å². The lowest BCUT2D eigenvalue weighted by Gasteiger charge is -2.13. The summed E-state index contributed by atoms with van der Waals surface area (Å²) in [5.41, 5.74) is 10.6. The van der Waals surface area contributed by atoms with E-state index in [1.54, 1.807) is 6.20 Å². The van der Waals surface area contributed by atoms with Crippen LogP contribution in [0.3, 0.4) is 0 Å². The van der Waals surface area contributed by atoms with E-state index in [4.69, 9.17) is 5.73 Å². The molecule has 4 rings (SSSR count). The van der Waals surface area contributed by atoms with Crippen LogP contribution in [0.25, 0.3) is 28.5 Å². The second kappa shape index (κ2) is 6.22. The summed E-state index contributed by atoms with van der Waals surface area (Å²) >= 11 is 0. The van der Waals surface area contributed by atoms with Gasteiger partial charge in [-0.2, -0.15) is 5.26 Å². The molecule has 0 saturated carbocycles. The Hall–Kier alpha value is -3.85. The Labute approximate surface area is 150 Å². The highest BCUT2D eigenvalue weighted by Gasteiger charge is 2.17. The first-order valence-electron chi connectivity index (χ1n) is 8.12. The Kier molecular flexibility index (Phi) is 3.75. The molecule has 0 saturated heterocycles. The number of nitrogens with zero attached hydrogens (tertiary/aromatic N) is 4. The van der Waals surface area contributed by atoms with Gasteiger partial charge in [-0.05, 0) is 55.0 Å². The van der Waals surface area contributed by atoms with Crippen LogP contribution in [-0.2, 0) is 0 Å². The van der Waals surface area contributed by atoms with Crippen molar-refractivity contribution in [1.82, 2.24) is 19.5 Å². The van der Waals surface area contributed by atoms with E-state index in [0.717, 1.165) is 28.3 Å². The highest BCUT2D eigenvalue weighted by molar-refractivity contribution is 5.78. The molecule has 0 amide bonds.